The number of aryl methyl sites for hydroxylation is 1. The number of hydrogen-bond acceptors (Lipinski definition) is 9. The van der Waals surface area contributed by atoms with Crippen molar-refractivity contribution in [1.82, 2.24) is 19.7 Å². The van der Waals surface area contributed by atoms with Crippen molar-refractivity contribution in [2.75, 3.05) is 49.2 Å². The maximum Gasteiger partial charge on any atom is 1.00 e. The molecule has 2 aliphatic rings. The largest absolute Gasteiger partial charge is 1.00 e. The summed E-state index contributed by atoms with van der Waals surface area (Å²) in [5.74, 6) is -0.732. The molecule has 0 amide bonds. The number of rotatable bonds is 9. The quantitative estimate of drug-likeness (QED) is 0.273. The van der Waals surface area contributed by atoms with Gasteiger partial charge in [0.15, 0.2) is 0 Å². The van der Waals surface area contributed by atoms with Gasteiger partial charge in [-0.2, -0.15) is 5.10 Å². The Bertz CT molecular complexity index is 1590. The molecule has 4 heterocycles. The van der Waals surface area contributed by atoms with Crippen LogP contribution in [-0.4, -0.2) is 75.7 Å². The Morgan fingerprint density at radius 1 is 1.07 bits per heavy atom. The fraction of sp³-hybridized carbons (Fsp3) is 0.355. The predicted molar refractivity (Wildman–Crippen MR) is 156 cm³/mol. The van der Waals surface area contributed by atoms with Crippen molar-refractivity contribution < 1.29 is 52.5 Å². The number of carbonyl (C=O) groups is 1. The van der Waals surface area contributed by atoms with Gasteiger partial charge in [0.2, 0.25) is 0 Å². The molecule has 0 unspecified atom stereocenters. The summed E-state index contributed by atoms with van der Waals surface area (Å²) in [4.78, 5) is 24.4. The monoisotopic (exact) mass is 614 g/mol. The van der Waals surface area contributed by atoms with E-state index in [1.807, 2.05) is 31.2 Å². The van der Waals surface area contributed by atoms with Gasteiger partial charge in [0.25, 0.3) is 0 Å². The van der Waals surface area contributed by atoms with Crippen LogP contribution < -0.4 is 33.4 Å². The van der Waals surface area contributed by atoms with Crippen molar-refractivity contribution in [3.63, 3.8) is 0 Å². The van der Waals surface area contributed by atoms with Crippen LogP contribution in [0, 0.1) is 24.5 Å². The summed E-state index contributed by atoms with van der Waals surface area (Å²) >= 11 is 0. The zero-order valence-electron chi connectivity index (χ0n) is 25.1. The van der Waals surface area contributed by atoms with Crippen molar-refractivity contribution in [3.05, 3.63) is 95.7 Å². The first-order valence-electron chi connectivity index (χ1n) is 14.2. The van der Waals surface area contributed by atoms with Gasteiger partial charge in [0.05, 0.1) is 31.0 Å². The number of aromatic carboxylic acids is 1. The van der Waals surface area contributed by atoms with Crippen LogP contribution >= 0.6 is 0 Å². The molecule has 232 valence electrons. The number of nitrogens with zero attached hydrogens (tertiary/aromatic N) is 6. The third-order valence-corrected chi connectivity index (χ3v) is 8.10. The molecule has 0 spiro atoms. The minimum absolute atomic E-state index is 0. The average molecular weight is 615 g/mol. The van der Waals surface area contributed by atoms with E-state index in [1.54, 1.807) is 23.1 Å². The number of piperazine rings is 1. The Labute approximate surface area is 271 Å². The summed E-state index contributed by atoms with van der Waals surface area (Å²) in [5, 5.41) is 13.3. The van der Waals surface area contributed by atoms with Crippen molar-refractivity contribution in [2.24, 2.45) is 5.92 Å². The van der Waals surface area contributed by atoms with Crippen LogP contribution in [0.15, 0.2) is 67.3 Å². The molecule has 2 aromatic carbocycles. The van der Waals surface area contributed by atoms with E-state index >= 15 is 0 Å². The Kier molecular flexibility index (Phi) is 10.8. The van der Waals surface area contributed by atoms with E-state index in [1.165, 1.54) is 18.5 Å². The Morgan fingerprint density at radius 3 is 2.44 bits per heavy atom. The van der Waals surface area contributed by atoms with Crippen molar-refractivity contribution in [3.8, 4) is 5.75 Å². The van der Waals surface area contributed by atoms with Gasteiger partial charge in [-0.3, -0.25) is 0 Å². The second kappa shape index (κ2) is 14.4. The predicted octanol–water partition coefficient (Wildman–Crippen LogP) is 1.12. The van der Waals surface area contributed by atoms with Crippen LogP contribution in [0.4, 0.5) is 20.3 Å². The number of benzene rings is 2. The first-order chi connectivity index (χ1) is 20.8. The van der Waals surface area contributed by atoms with Gasteiger partial charge in [0.1, 0.15) is 41.5 Å². The van der Waals surface area contributed by atoms with E-state index in [0.29, 0.717) is 25.4 Å². The Balaban J connectivity index is 0.00000230. The molecule has 6 rings (SSSR count). The summed E-state index contributed by atoms with van der Waals surface area (Å²) in [5.41, 5.74) is 1.29. The van der Waals surface area contributed by atoms with Gasteiger partial charge in [-0.25, -0.2) is 28.2 Å². The average Bonchev–Trinajstić information content (AvgIpc) is 3.67. The molecule has 2 fully saturated rings. The van der Waals surface area contributed by atoms with Crippen LogP contribution in [0.3, 0.4) is 0 Å². The summed E-state index contributed by atoms with van der Waals surface area (Å²) in [7, 11) is 0. The molecular weight excluding hydrogens is 581 g/mol. The van der Waals surface area contributed by atoms with Crippen LogP contribution in [0.2, 0.25) is 0 Å². The first-order valence-corrected chi connectivity index (χ1v) is 14.2. The summed E-state index contributed by atoms with van der Waals surface area (Å²) < 4.78 is 42.6. The Morgan fingerprint density at radius 2 is 1.80 bits per heavy atom. The topological polar surface area (TPSA) is 136 Å². The van der Waals surface area contributed by atoms with E-state index in [2.05, 4.69) is 19.9 Å². The molecule has 0 radical (unpaired) electrons. The number of carboxylic acid groups (broad SMARTS) is 1. The van der Waals surface area contributed by atoms with Crippen molar-refractivity contribution in [1.29, 1.82) is 0 Å². The van der Waals surface area contributed by atoms with E-state index < -0.39 is 23.2 Å². The second-order valence-corrected chi connectivity index (χ2v) is 11.0. The van der Waals surface area contributed by atoms with Gasteiger partial charge in [0, 0.05) is 49.4 Å². The fourth-order valence-electron chi connectivity index (χ4n) is 5.87. The third kappa shape index (κ3) is 7.45. The van der Waals surface area contributed by atoms with Crippen LogP contribution in [0.25, 0.3) is 0 Å². The molecule has 2 aromatic heterocycles. The molecule has 4 aromatic rings. The molecule has 11 nitrogen and oxygen atoms in total. The molecule has 2 saturated heterocycles. The zero-order valence-corrected chi connectivity index (χ0v) is 25.1. The van der Waals surface area contributed by atoms with Crippen LogP contribution in [0.1, 0.15) is 28.0 Å². The second-order valence-electron chi connectivity index (χ2n) is 11.0. The van der Waals surface area contributed by atoms with Gasteiger partial charge < -0.3 is 29.9 Å². The smallest absolute Gasteiger partial charge is 0.870 e. The van der Waals surface area contributed by atoms with Crippen LogP contribution in [0.5, 0.6) is 5.75 Å². The minimum Gasteiger partial charge on any atom is -0.870 e. The van der Waals surface area contributed by atoms with Gasteiger partial charge in [-0.05, 0) is 55.8 Å². The van der Waals surface area contributed by atoms with Crippen molar-refractivity contribution in [2.45, 2.75) is 25.5 Å². The van der Waals surface area contributed by atoms with Gasteiger partial charge in [-0.1, -0.05) is 6.07 Å². The number of anilines is 2. The maximum absolute atomic E-state index is 14.9. The number of pyridine rings is 1. The minimum atomic E-state index is -1.03. The molecule has 2 N–H and O–H groups in total. The normalized spacial score (nSPS) is 19.5. The van der Waals surface area contributed by atoms with Crippen molar-refractivity contribution >= 4 is 17.5 Å². The zero-order chi connectivity index (χ0) is 30.0. The molecular formula is C31H33F2LiN6O5. The number of carboxylic acids is 1. The van der Waals surface area contributed by atoms with E-state index in [9.17, 15) is 13.6 Å². The van der Waals surface area contributed by atoms with Gasteiger partial charge in [-0.15, -0.1) is 0 Å². The van der Waals surface area contributed by atoms with E-state index in [0.717, 1.165) is 49.4 Å². The fourth-order valence-corrected chi connectivity index (χ4v) is 5.87. The van der Waals surface area contributed by atoms with Crippen LogP contribution in [-0.2, 0) is 16.9 Å². The third-order valence-electron chi connectivity index (χ3n) is 8.10. The maximum atomic E-state index is 14.9. The molecule has 0 saturated carbocycles. The summed E-state index contributed by atoms with van der Waals surface area (Å²) in [6.45, 7) is 5.98. The Hall–Kier alpha value is -4.02. The molecule has 2 atom stereocenters. The van der Waals surface area contributed by atoms with E-state index in [-0.39, 0.29) is 47.9 Å². The summed E-state index contributed by atoms with van der Waals surface area (Å²) in [6.07, 6.45) is 3.42. The molecule has 45 heavy (non-hydrogen) atoms. The number of aromatic nitrogens is 4. The molecule has 0 aliphatic carbocycles. The molecule has 14 heteroatoms. The standard InChI is InChI=1S/C31H32F2N6O4.Li.H2O/c1-21-28(8-9-29(36-21)38-12-10-37(11-13-38)25-5-2-23(3-6-25)30(40)41)42-16-22-15-31(43-17-22,18-39-20-34-19-35-39)26-7-4-24(32)14-27(26)33;;/h2-9,14,19-20,22H,10-13,15-18H2,1H3,(H,40,41);;1H2/q;+1;/p-1/t22-,31+;;/m1../s1. The van der Waals surface area contributed by atoms with Gasteiger partial charge >= 0.3 is 24.8 Å². The summed E-state index contributed by atoms with van der Waals surface area (Å²) in [6, 6.07) is 14.4. The first kappa shape index (κ1) is 33.9. The number of ether oxygens (including phenoxy) is 2. The SMILES string of the molecule is Cc1nc(N2CCN(c3ccc(C(=O)O)cc3)CC2)ccc1OC[C@@H]1CO[C@@](Cn2cncn2)(c2ccc(F)cc2F)C1.[Li+].[OH-]. The molecule has 2 aliphatic heterocycles. The molecule has 0 bridgehead atoms. The van der Waals surface area contributed by atoms with E-state index in [4.69, 9.17) is 19.6 Å². The number of hydrogen-bond donors (Lipinski definition) is 1. The number of halogens is 2.